The molecular formula is C71H138O17P2. The van der Waals surface area contributed by atoms with E-state index in [2.05, 4.69) is 48.5 Å². The predicted octanol–water partition coefficient (Wildman–Crippen LogP) is 20.2. The normalized spacial score (nSPS) is 14.5. The van der Waals surface area contributed by atoms with Crippen molar-refractivity contribution in [2.24, 2.45) is 17.8 Å². The number of hydrogen-bond acceptors (Lipinski definition) is 15. The van der Waals surface area contributed by atoms with Crippen LogP contribution in [0.25, 0.3) is 0 Å². The van der Waals surface area contributed by atoms with Gasteiger partial charge in [0.1, 0.15) is 19.3 Å². The van der Waals surface area contributed by atoms with E-state index in [0.29, 0.717) is 31.6 Å². The van der Waals surface area contributed by atoms with E-state index < -0.39 is 97.5 Å². The number of aliphatic hydroxyl groups is 1. The molecular weight excluding hydrogens is 1190 g/mol. The Bertz CT molecular complexity index is 1770. The number of phosphoric ester groups is 2. The van der Waals surface area contributed by atoms with Gasteiger partial charge in [0, 0.05) is 25.7 Å². The van der Waals surface area contributed by atoms with Crippen LogP contribution in [0.5, 0.6) is 0 Å². The van der Waals surface area contributed by atoms with E-state index in [4.69, 9.17) is 37.0 Å². The predicted molar refractivity (Wildman–Crippen MR) is 363 cm³/mol. The van der Waals surface area contributed by atoms with Crippen LogP contribution in [-0.2, 0) is 65.4 Å². The van der Waals surface area contributed by atoms with Crippen LogP contribution >= 0.6 is 15.6 Å². The standard InChI is InChI=1S/C71H138O17P2/c1-8-10-11-12-13-14-24-31-38-45-52-68(73)81-59-67(88-71(76)55-48-41-34-27-29-36-43-50-63(5)6)61-86-90(79,80)84-57-65(72)56-83-89(77,78)85-60-66(58-82-69(74)53-46-39-32-25-21-20-23-30-37-44-51-64(7)9-2)87-70(75)54-47-40-33-26-19-17-15-16-18-22-28-35-42-49-62(3)4/h62-67,72H,8-61H2,1-7H3,(H,77,78)(H,79,80)/t64?,65-,66-,67-/m1/s1. The second kappa shape index (κ2) is 61.9. The lowest BCUT2D eigenvalue weighted by Crippen LogP contribution is -2.30. The van der Waals surface area contributed by atoms with Gasteiger partial charge in [0.15, 0.2) is 12.2 Å². The summed E-state index contributed by atoms with van der Waals surface area (Å²) in [6, 6.07) is 0. The average Bonchev–Trinajstić information content (AvgIpc) is 3.09. The molecule has 17 nitrogen and oxygen atoms in total. The zero-order valence-corrected chi connectivity index (χ0v) is 60.4. The fourth-order valence-electron chi connectivity index (χ4n) is 10.7. The molecule has 0 saturated carbocycles. The molecule has 3 N–H and O–H groups in total. The molecule has 0 radical (unpaired) electrons. The lowest BCUT2D eigenvalue weighted by molar-refractivity contribution is -0.161. The molecule has 0 aromatic heterocycles. The van der Waals surface area contributed by atoms with Crippen molar-refractivity contribution in [3.05, 3.63) is 0 Å². The van der Waals surface area contributed by atoms with E-state index in [0.717, 1.165) is 102 Å². The van der Waals surface area contributed by atoms with Crippen LogP contribution in [-0.4, -0.2) is 96.7 Å². The third-order valence-corrected chi connectivity index (χ3v) is 18.6. The van der Waals surface area contributed by atoms with Crippen molar-refractivity contribution in [2.45, 2.75) is 375 Å². The van der Waals surface area contributed by atoms with Gasteiger partial charge in [0.2, 0.25) is 0 Å². The van der Waals surface area contributed by atoms with Gasteiger partial charge in [-0.3, -0.25) is 37.3 Å². The number of carbonyl (C=O) groups is 4. The van der Waals surface area contributed by atoms with Gasteiger partial charge in [-0.25, -0.2) is 9.13 Å². The quantitative estimate of drug-likeness (QED) is 0.0222. The van der Waals surface area contributed by atoms with Gasteiger partial charge in [-0.2, -0.15) is 0 Å². The number of rotatable bonds is 69. The number of hydrogen-bond donors (Lipinski definition) is 3. The third-order valence-electron chi connectivity index (χ3n) is 16.7. The Hall–Kier alpha value is -1.94. The fraction of sp³-hybridized carbons (Fsp3) is 0.944. The number of unbranched alkanes of at least 4 members (excludes halogenated alkanes) is 36. The summed E-state index contributed by atoms with van der Waals surface area (Å²) >= 11 is 0. The van der Waals surface area contributed by atoms with Gasteiger partial charge in [0.05, 0.1) is 26.4 Å². The lowest BCUT2D eigenvalue weighted by atomic mass is 9.99. The van der Waals surface area contributed by atoms with Crippen LogP contribution in [0, 0.1) is 17.8 Å². The van der Waals surface area contributed by atoms with E-state index in [1.807, 2.05) is 0 Å². The minimum atomic E-state index is -4.95. The molecule has 0 amide bonds. The first kappa shape index (κ1) is 88.1. The molecule has 6 atom stereocenters. The molecule has 0 saturated heterocycles. The number of esters is 4. The van der Waals surface area contributed by atoms with Gasteiger partial charge in [-0.15, -0.1) is 0 Å². The molecule has 0 aromatic rings. The topological polar surface area (TPSA) is 237 Å². The van der Waals surface area contributed by atoms with Crippen LogP contribution < -0.4 is 0 Å². The summed E-state index contributed by atoms with van der Waals surface area (Å²) in [5.74, 6) is 0.165. The van der Waals surface area contributed by atoms with E-state index >= 15 is 0 Å². The fourth-order valence-corrected chi connectivity index (χ4v) is 12.3. The van der Waals surface area contributed by atoms with Crippen molar-refractivity contribution in [3.8, 4) is 0 Å². The zero-order chi connectivity index (χ0) is 66.6. The number of aliphatic hydroxyl groups excluding tert-OH is 1. The van der Waals surface area contributed by atoms with E-state index in [-0.39, 0.29) is 25.7 Å². The highest BCUT2D eigenvalue weighted by atomic mass is 31.2. The molecule has 0 fully saturated rings. The van der Waals surface area contributed by atoms with Crippen LogP contribution in [0.3, 0.4) is 0 Å². The van der Waals surface area contributed by atoms with Crippen molar-refractivity contribution in [1.29, 1.82) is 0 Å². The van der Waals surface area contributed by atoms with Gasteiger partial charge in [0.25, 0.3) is 0 Å². The lowest BCUT2D eigenvalue weighted by Gasteiger charge is -2.21. The molecule has 0 spiro atoms. The summed E-state index contributed by atoms with van der Waals surface area (Å²) in [6.07, 6.45) is 45.8. The molecule has 0 aliphatic rings. The smallest absolute Gasteiger partial charge is 0.462 e. The molecule has 90 heavy (non-hydrogen) atoms. The van der Waals surface area contributed by atoms with Crippen molar-refractivity contribution in [2.75, 3.05) is 39.6 Å². The van der Waals surface area contributed by atoms with Gasteiger partial charge >= 0.3 is 39.5 Å². The van der Waals surface area contributed by atoms with Gasteiger partial charge in [-0.05, 0) is 43.4 Å². The Morgan fingerprint density at radius 2 is 0.567 bits per heavy atom. The molecule has 534 valence electrons. The Labute approximate surface area is 549 Å². The van der Waals surface area contributed by atoms with E-state index in [1.165, 1.54) is 167 Å². The van der Waals surface area contributed by atoms with E-state index in [9.17, 15) is 43.2 Å². The summed E-state index contributed by atoms with van der Waals surface area (Å²) in [5.41, 5.74) is 0. The monoisotopic (exact) mass is 1320 g/mol. The summed E-state index contributed by atoms with van der Waals surface area (Å²) in [7, 11) is -9.90. The van der Waals surface area contributed by atoms with Crippen molar-refractivity contribution in [3.63, 3.8) is 0 Å². The van der Waals surface area contributed by atoms with Crippen LogP contribution in [0.4, 0.5) is 0 Å². The van der Waals surface area contributed by atoms with Crippen LogP contribution in [0.2, 0.25) is 0 Å². The minimum Gasteiger partial charge on any atom is -0.462 e. The first-order chi connectivity index (χ1) is 43.3. The largest absolute Gasteiger partial charge is 0.472 e. The Morgan fingerprint density at radius 3 is 0.844 bits per heavy atom. The molecule has 19 heteroatoms. The number of phosphoric acid groups is 2. The number of carbonyl (C=O) groups excluding carboxylic acids is 4. The summed E-state index contributed by atoms with van der Waals surface area (Å²) in [5, 5.41) is 10.6. The second-order valence-electron chi connectivity index (χ2n) is 26.8. The SMILES string of the molecule is CCCCCCCCCCCCC(=O)OC[C@H](COP(=O)(O)OC[C@H](O)COP(=O)(O)OC[C@@H](COC(=O)CCCCCCCCCCCCC(C)CC)OC(=O)CCCCCCCCCCCCCCCC(C)C)OC(=O)CCCCCCCCCC(C)C. The highest BCUT2D eigenvalue weighted by molar-refractivity contribution is 7.47. The first-order valence-corrected chi connectivity index (χ1v) is 39.9. The summed E-state index contributed by atoms with van der Waals surface area (Å²) < 4.78 is 68.3. The highest BCUT2D eigenvalue weighted by Gasteiger charge is 2.30. The molecule has 0 aromatic carbocycles. The molecule has 0 rings (SSSR count). The van der Waals surface area contributed by atoms with Crippen molar-refractivity contribution < 1.29 is 80.2 Å². The van der Waals surface area contributed by atoms with Gasteiger partial charge < -0.3 is 33.8 Å². The maximum absolute atomic E-state index is 13.0. The van der Waals surface area contributed by atoms with Gasteiger partial charge in [-0.1, -0.05) is 305 Å². The van der Waals surface area contributed by atoms with Crippen molar-refractivity contribution >= 4 is 39.5 Å². The maximum atomic E-state index is 13.0. The molecule has 0 bridgehead atoms. The average molecular weight is 1330 g/mol. The van der Waals surface area contributed by atoms with Crippen LogP contribution in [0.15, 0.2) is 0 Å². The first-order valence-electron chi connectivity index (χ1n) is 36.9. The summed E-state index contributed by atoms with van der Waals surface area (Å²) in [6.45, 7) is 11.8. The van der Waals surface area contributed by atoms with Crippen molar-refractivity contribution in [1.82, 2.24) is 0 Å². The zero-order valence-electron chi connectivity index (χ0n) is 58.6. The Kier molecular flexibility index (Phi) is 60.6. The molecule has 0 aliphatic carbocycles. The second-order valence-corrected chi connectivity index (χ2v) is 29.7. The molecule has 0 aliphatic heterocycles. The van der Waals surface area contributed by atoms with Crippen LogP contribution in [0.1, 0.15) is 357 Å². The minimum absolute atomic E-state index is 0.103. The maximum Gasteiger partial charge on any atom is 0.472 e. The Balaban J connectivity index is 5.24. The number of ether oxygens (including phenoxy) is 4. The molecule has 0 heterocycles. The summed E-state index contributed by atoms with van der Waals surface area (Å²) in [4.78, 5) is 72.5. The van der Waals surface area contributed by atoms with E-state index in [1.54, 1.807) is 0 Å². The third kappa shape index (κ3) is 63.5. The molecule has 3 unspecified atom stereocenters. The Morgan fingerprint density at radius 1 is 0.322 bits per heavy atom. The highest BCUT2D eigenvalue weighted by Crippen LogP contribution is 2.45.